The molecule has 1 saturated heterocycles. The van der Waals surface area contributed by atoms with E-state index in [1.165, 1.54) is 32.1 Å². The normalized spacial score (nSPS) is 35.8. The van der Waals surface area contributed by atoms with Crippen LogP contribution >= 0.6 is 15.9 Å². The highest BCUT2D eigenvalue weighted by molar-refractivity contribution is 9.10. The van der Waals surface area contributed by atoms with E-state index in [4.69, 9.17) is 0 Å². The zero-order chi connectivity index (χ0) is 20.2. The molecule has 0 radical (unpaired) electrons. The first-order valence-electron chi connectivity index (χ1n) is 10.8. The Kier molecular flexibility index (Phi) is 4.64. The SMILES string of the molecule is O=C(CC12CC3CC(CC(Br)(C3)C1)C2)N1CCN(c2ccccc2[N+](=O)[O-])CC1. The van der Waals surface area contributed by atoms with Gasteiger partial charge in [0.1, 0.15) is 5.69 Å². The molecule has 0 aromatic heterocycles. The number of benzene rings is 1. The average molecular weight is 462 g/mol. The third-order valence-corrected chi connectivity index (χ3v) is 8.62. The van der Waals surface area contributed by atoms with Crippen LogP contribution < -0.4 is 4.90 Å². The number of amides is 1. The Balaban J connectivity index is 1.23. The maximum atomic E-state index is 13.2. The van der Waals surface area contributed by atoms with Gasteiger partial charge in [0.2, 0.25) is 5.91 Å². The van der Waals surface area contributed by atoms with Crippen LogP contribution in [-0.4, -0.2) is 46.2 Å². The van der Waals surface area contributed by atoms with Gasteiger partial charge in [0.15, 0.2) is 0 Å². The van der Waals surface area contributed by atoms with Crippen molar-refractivity contribution in [1.82, 2.24) is 4.90 Å². The van der Waals surface area contributed by atoms with Gasteiger partial charge in [0.05, 0.1) is 4.92 Å². The fourth-order valence-electron chi connectivity index (χ4n) is 7.06. The lowest BCUT2D eigenvalue weighted by Gasteiger charge is -2.60. The first-order valence-corrected chi connectivity index (χ1v) is 11.6. The van der Waals surface area contributed by atoms with Crippen LogP contribution in [0.5, 0.6) is 0 Å². The van der Waals surface area contributed by atoms with Crippen LogP contribution in [0.4, 0.5) is 11.4 Å². The van der Waals surface area contributed by atoms with E-state index in [1.807, 2.05) is 15.9 Å². The van der Waals surface area contributed by atoms with Crippen LogP contribution in [0.2, 0.25) is 0 Å². The Bertz CT molecular complexity index is 822. The van der Waals surface area contributed by atoms with Crippen LogP contribution in [0.1, 0.15) is 44.9 Å². The van der Waals surface area contributed by atoms with E-state index < -0.39 is 0 Å². The maximum Gasteiger partial charge on any atom is 0.292 e. The third-order valence-electron chi connectivity index (χ3n) is 7.69. The summed E-state index contributed by atoms with van der Waals surface area (Å²) in [6.07, 6.45) is 8.20. The van der Waals surface area contributed by atoms with Crippen molar-refractivity contribution >= 4 is 33.2 Å². The number of carbonyl (C=O) groups is 1. The van der Waals surface area contributed by atoms with E-state index in [2.05, 4.69) is 15.9 Å². The Labute approximate surface area is 179 Å². The topological polar surface area (TPSA) is 66.7 Å². The van der Waals surface area contributed by atoms with Crippen molar-refractivity contribution in [3.05, 3.63) is 34.4 Å². The molecule has 2 atom stereocenters. The molecule has 1 amide bonds. The molecule has 7 heteroatoms. The monoisotopic (exact) mass is 461 g/mol. The number of nitrogens with zero attached hydrogens (tertiary/aromatic N) is 3. The molecular formula is C22H28BrN3O3. The molecule has 1 heterocycles. The molecular weight excluding hydrogens is 434 g/mol. The number of nitro benzene ring substituents is 1. The second-order valence-corrected chi connectivity index (χ2v) is 11.6. The zero-order valence-electron chi connectivity index (χ0n) is 16.7. The number of anilines is 1. The van der Waals surface area contributed by atoms with E-state index in [0.717, 1.165) is 18.3 Å². The minimum Gasteiger partial charge on any atom is -0.362 e. The third kappa shape index (κ3) is 3.56. The number of piperazine rings is 1. The van der Waals surface area contributed by atoms with Crippen molar-refractivity contribution in [3.8, 4) is 0 Å². The summed E-state index contributed by atoms with van der Waals surface area (Å²) in [4.78, 5) is 28.2. The van der Waals surface area contributed by atoms with Gasteiger partial charge in [-0.3, -0.25) is 14.9 Å². The highest BCUT2D eigenvalue weighted by Gasteiger charge is 2.57. The Hall–Kier alpha value is -1.63. The maximum absolute atomic E-state index is 13.2. The van der Waals surface area contributed by atoms with Crippen LogP contribution in [0.25, 0.3) is 0 Å². The van der Waals surface area contributed by atoms with Crippen molar-refractivity contribution in [2.24, 2.45) is 17.3 Å². The van der Waals surface area contributed by atoms with E-state index in [1.54, 1.807) is 18.2 Å². The molecule has 4 aliphatic carbocycles. The average Bonchev–Trinajstić information content (AvgIpc) is 2.65. The molecule has 5 fully saturated rings. The summed E-state index contributed by atoms with van der Waals surface area (Å²) >= 11 is 4.04. The number of halogens is 1. The number of alkyl halides is 1. The summed E-state index contributed by atoms with van der Waals surface area (Å²) in [5.41, 5.74) is 0.996. The number of rotatable bonds is 4. The number of carbonyl (C=O) groups excluding carboxylic acids is 1. The van der Waals surface area contributed by atoms with Gasteiger partial charge in [-0.15, -0.1) is 0 Å². The summed E-state index contributed by atoms with van der Waals surface area (Å²) in [6.45, 7) is 2.59. The fraction of sp³-hybridized carbons (Fsp3) is 0.682. The van der Waals surface area contributed by atoms with Crippen molar-refractivity contribution in [3.63, 3.8) is 0 Å². The molecule has 0 N–H and O–H groups in total. The number of hydrogen-bond acceptors (Lipinski definition) is 4. The minimum absolute atomic E-state index is 0.142. The molecule has 156 valence electrons. The number of hydrogen-bond donors (Lipinski definition) is 0. The fourth-order valence-corrected chi connectivity index (χ4v) is 8.57. The van der Waals surface area contributed by atoms with Crippen LogP contribution in [0.3, 0.4) is 0 Å². The van der Waals surface area contributed by atoms with Crippen LogP contribution in [-0.2, 0) is 4.79 Å². The summed E-state index contributed by atoms with van der Waals surface area (Å²) in [5.74, 6) is 1.86. The molecule has 6 rings (SSSR count). The van der Waals surface area contributed by atoms with E-state index in [0.29, 0.717) is 38.3 Å². The van der Waals surface area contributed by atoms with Gasteiger partial charge in [-0.05, 0) is 61.8 Å². The first kappa shape index (κ1) is 19.3. The highest BCUT2D eigenvalue weighted by Crippen LogP contribution is 2.65. The summed E-state index contributed by atoms with van der Waals surface area (Å²) in [7, 11) is 0. The zero-order valence-corrected chi connectivity index (χ0v) is 18.3. The van der Waals surface area contributed by atoms with E-state index >= 15 is 0 Å². The predicted octanol–water partition coefficient (Wildman–Crippen LogP) is 4.37. The lowest BCUT2D eigenvalue weighted by molar-refractivity contribution is -0.384. The molecule has 1 aromatic rings. The molecule has 29 heavy (non-hydrogen) atoms. The lowest BCUT2D eigenvalue weighted by Crippen LogP contribution is -2.55. The van der Waals surface area contributed by atoms with E-state index in [-0.39, 0.29) is 26.3 Å². The van der Waals surface area contributed by atoms with Gasteiger partial charge in [0.25, 0.3) is 5.69 Å². The predicted molar refractivity (Wildman–Crippen MR) is 115 cm³/mol. The van der Waals surface area contributed by atoms with Gasteiger partial charge in [0, 0.05) is 43.0 Å². The molecule has 0 spiro atoms. The number of para-hydroxylation sites is 2. The van der Waals surface area contributed by atoms with Crippen molar-refractivity contribution in [2.45, 2.75) is 49.3 Å². The molecule has 2 unspecified atom stereocenters. The standard InChI is InChI=1S/C22H28BrN3O3/c23-22-12-16-9-17(13-22)11-21(10-16,15-22)14-20(27)25-7-5-24(6-8-25)18-3-1-2-4-19(18)26(28)29/h1-4,16-17H,5-15H2. The smallest absolute Gasteiger partial charge is 0.292 e. The largest absolute Gasteiger partial charge is 0.362 e. The second-order valence-electron chi connectivity index (χ2n) is 9.90. The Morgan fingerprint density at radius 1 is 1.10 bits per heavy atom. The van der Waals surface area contributed by atoms with E-state index in [9.17, 15) is 14.9 Å². The molecule has 4 saturated carbocycles. The summed E-state index contributed by atoms with van der Waals surface area (Å²) in [6, 6.07) is 6.89. The Morgan fingerprint density at radius 3 is 2.38 bits per heavy atom. The second kappa shape index (κ2) is 6.96. The highest BCUT2D eigenvalue weighted by atomic mass is 79.9. The molecule has 6 nitrogen and oxygen atoms in total. The van der Waals surface area contributed by atoms with Gasteiger partial charge in [-0.25, -0.2) is 0 Å². The van der Waals surface area contributed by atoms with Crippen molar-refractivity contribution < 1.29 is 9.72 Å². The van der Waals surface area contributed by atoms with Gasteiger partial charge in [-0.1, -0.05) is 28.1 Å². The lowest BCUT2D eigenvalue weighted by atomic mass is 9.48. The van der Waals surface area contributed by atoms with Gasteiger partial charge >= 0.3 is 0 Å². The molecule has 4 bridgehead atoms. The minimum atomic E-state index is -0.323. The Morgan fingerprint density at radius 2 is 1.76 bits per heavy atom. The van der Waals surface area contributed by atoms with Gasteiger partial charge in [-0.2, -0.15) is 0 Å². The van der Waals surface area contributed by atoms with Crippen LogP contribution in [0, 0.1) is 27.4 Å². The quantitative estimate of drug-likeness (QED) is 0.379. The van der Waals surface area contributed by atoms with Crippen molar-refractivity contribution in [1.29, 1.82) is 0 Å². The molecule has 1 aromatic carbocycles. The first-order chi connectivity index (χ1) is 13.8. The summed E-state index contributed by atoms with van der Waals surface area (Å²) in [5, 5.41) is 11.3. The molecule has 5 aliphatic rings. The number of nitro groups is 1. The van der Waals surface area contributed by atoms with Crippen molar-refractivity contribution in [2.75, 3.05) is 31.1 Å². The molecule has 1 aliphatic heterocycles. The summed E-state index contributed by atoms with van der Waals surface area (Å²) < 4.78 is 0.280. The van der Waals surface area contributed by atoms with Crippen LogP contribution in [0.15, 0.2) is 24.3 Å². The van der Waals surface area contributed by atoms with Gasteiger partial charge < -0.3 is 9.80 Å².